The van der Waals surface area contributed by atoms with Crippen molar-refractivity contribution in [1.29, 1.82) is 0 Å². The zero-order valence-electron chi connectivity index (χ0n) is 6.58. The SMILES string of the molecule is CC[N+]1=CC2CCCN2[SiH2]1. The smallest absolute Gasteiger partial charge is 0.305 e. The molecule has 0 aliphatic carbocycles. The van der Waals surface area contributed by atoms with Crippen LogP contribution in [0.5, 0.6) is 0 Å². The molecule has 0 aromatic heterocycles. The number of hydrogen-bond donors (Lipinski definition) is 0. The summed E-state index contributed by atoms with van der Waals surface area (Å²) in [5, 5.41) is 0. The van der Waals surface area contributed by atoms with E-state index in [1.807, 2.05) is 0 Å². The standard InChI is InChI=1S/C7H15N2Si/c1-2-8-6-7-4-3-5-9(7)10-8/h6-7H,2-5,10H2,1H3/q+1. The second-order valence-electron chi connectivity index (χ2n) is 3.22. The topological polar surface area (TPSA) is 6.25 Å². The second-order valence-corrected chi connectivity index (χ2v) is 5.12. The fraction of sp³-hybridized carbons (Fsp3) is 0.857. The predicted octanol–water partition coefficient (Wildman–Crippen LogP) is -0.434. The fourth-order valence-corrected chi connectivity index (χ4v) is 3.78. The average Bonchev–Trinajstić information content (AvgIpc) is 2.42. The first-order chi connectivity index (χ1) is 4.90. The van der Waals surface area contributed by atoms with E-state index in [1.165, 1.54) is 25.9 Å². The van der Waals surface area contributed by atoms with Gasteiger partial charge in [-0.2, -0.15) is 0 Å². The van der Waals surface area contributed by atoms with E-state index < -0.39 is 0 Å². The summed E-state index contributed by atoms with van der Waals surface area (Å²) >= 11 is 0. The first-order valence-electron chi connectivity index (χ1n) is 4.23. The Labute approximate surface area is 64.5 Å². The van der Waals surface area contributed by atoms with Crippen LogP contribution in [-0.4, -0.2) is 44.0 Å². The molecule has 0 saturated carbocycles. The van der Waals surface area contributed by atoms with E-state index >= 15 is 0 Å². The van der Waals surface area contributed by atoms with Gasteiger partial charge in [-0.1, -0.05) is 0 Å². The lowest BCUT2D eigenvalue weighted by molar-refractivity contribution is -0.372. The fourth-order valence-electron chi connectivity index (χ4n) is 1.93. The Hall–Kier alpha value is -0.153. The molecule has 2 heterocycles. The van der Waals surface area contributed by atoms with Crippen LogP contribution in [0, 0.1) is 0 Å². The quantitative estimate of drug-likeness (QED) is 0.466. The molecule has 0 aromatic carbocycles. The molecular weight excluding hydrogens is 140 g/mol. The lowest BCUT2D eigenvalue weighted by atomic mass is 10.2. The highest BCUT2D eigenvalue weighted by molar-refractivity contribution is 6.25. The summed E-state index contributed by atoms with van der Waals surface area (Å²) in [6.45, 7) is 4.87. The Morgan fingerprint density at radius 3 is 3.40 bits per heavy atom. The molecule has 1 fully saturated rings. The van der Waals surface area contributed by atoms with Gasteiger partial charge in [-0.25, -0.2) is 0 Å². The molecule has 0 bridgehead atoms. The summed E-state index contributed by atoms with van der Waals surface area (Å²) in [4.78, 5) is 0. The second kappa shape index (κ2) is 2.47. The van der Waals surface area contributed by atoms with E-state index in [0.717, 1.165) is 6.04 Å². The zero-order valence-corrected chi connectivity index (χ0v) is 8.00. The van der Waals surface area contributed by atoms with Crippen LogP contribution < -0.4 is 0 Å². The molecule has 0 aromatic rings. The monoisotopic (exact) mass is 155 g/mol. The Morgan fingerprint density at radius 1 is 1.80 bits per heavy atom. The zero-order chi connectivity index (χ0) is 6.97. The van der Waals surface area contributed by atoms with Crippen LogP contribution in [0.25, 0.3) is 0 Å². The van der Waals surface area contributed by atoms with E-state index in [0.29, 0.717) is 0 Å². The normalized spacial score (nSPS) is 34.9. The molecule has 0 spiro atoms. The van der Waals surface area contributed by atoms with Gasteiger partial charge in [-0.3, -0.25) is 4.57 Å². The summed E-state index contributed by atoms with van der Waals surface area (Å²) in [6, 6.07) is 0.853. The third-order valence-corrected chi connectivity index (χ3v) is 4.74. The van der Waals surface area contributed by atoms with Crippen LogP contribution in [0.3, 0.4) is 0 Å². The molecule has 1 unspecified atom stereocenters. The summed E-state index contributed by atoms with van der Waals surface area (Å²) < 4.78 is 5.24. The van der Waals surface area contributed by atoms with Crippen molar-refractivity contribution in [3.63, 3.8) is 0 Å². The van der Waals surface area contributed by atoms with Crippen molar-refractivity contribution >= 4 is 16.1 Å². The van der Waals surface area contributed by atoms with Crippen LogP contribution in [0.15, 0.2) is 0 Å². The molecule has 56 valence electrons. The minimum absolute atomic E-state index is 0.00270. The lowest BCUT2D eigenvalue weighted by Gasteiger charge is -2.05. The van der Waals surface area contributed by atoms with Gasteiger partial charge in [0.15, 0.2) is 0 Å². The van der Waals surface area contributed by atoms with Crippen LogP contribution in [0.1, 0.15) is 19.8 Å². The summed E-state index contributed by atoms with van der Waals surface area (Å²) in [5.41, 5.74) is 0. The number of fused-ring (bicyclic) bond motifs is 1. The van der Waals surface area contributed by atoms with Crippen LogP contribution in [0.4, 0.5) is 0 Å². The van der Waals surface area contributed by atoms with Crippen LogP contribution in [-0.2, 0) is 0 Å². The summed E-state index contributed by atoms with van der Waals surface area (Å²) in [5.74, 6) is 0. The Balaban J connectivity index is 2.06. The highest BCUT2D eigenvalue weighted by atomic mass is 28.2. The Kier molecular flexibility index (Phi) is 1.62. The van der Waals surface area contributed by atoms with Crippen molar-refractivity contribution < 1.29 is 4.24 Å². The Bertz CT molecular complexity index is 167. The molecule has 2 nitrogen and oxygen atoms in total. The van der Waals surface area contributed by atoms with Crippen molar-refractivity contribution in [2.24, 2.45) is 0 Å². The van der Waals surface area contributed by atoms with Gasteiger partial charge >= 0.3 is 9.84 Å². The lowest BCUT2D eigenvalue weighted by Crippen LogP contribution is -2.29. The molecule has 0 amide bonds. The molecule has 0 radical (unpaired) electrons. The van der Waals surface area contributed by atoms with Gasteiger partial charge in [0.05, 0.1) is 6.04 Å². The van der Waals surface area contributed by atoms with Gasteiger partial charge in [-0.15, -0.1) is 0 Å². The summed E-state index contributed by atoms with van der Waals surface area (Å²) in [6.07, 6.45) is 5.31. The van der Waals surface area contributed by atoms with E-state index in [-0.39, 0.29) is 9.84 Å². The largest absolute Gasteiger partial charge is 0.413 e. The molecule has 1 saturated heterocycles. The van der Waals surface area contributed by atoms with Crippen molar-refractivity contribution in [2.75, 3.05) is 13.1 Å². The van der Waals surface area contributed by atoms with E-state index in [4.69, 9.17) is 0 Å². The molecule has 2 rings (SSSR count). The average molecular weight is 155 g/mol. The van der Waals surface area contributed by atoms with Gasteiger partial charge in [-0.05, 0) is 26.3 Å². The van der Waals surface area contributed by atoms with Gasteiger partial charge < -0.3 is 4.24 Å². The van der Waals surface area contributed by atoms with Crippen molar-refractivity contribution in [2.45, 2.75) is 25.8 Å². The van der Waals surface area contributed by atoms with E-state index in [1.54, 1.807) is 0 Å². The predicted molar refractivity (Wildman–Crippen MR) is 45.1 cm³/mol. The molecule has 10 heavy (non-hydrogen) atoms. The third kappa shape index (κ3) is 0.934. The highest BCUT2D eigenvalue weighted by Gasteiger charge is 2.34. The first kappa shape index (κ1) is 6.55. The molecule has 0 N–H and O–H groups in total. The summed E-state index contributed by atoms with van der Waals surface area (Å²) in [7, 11) is -0.00270. The maximum atomic E-state index is 2.70. The van der Waals surface area contributed by atoms with E-state index in [2.05, 4.69) is 21.9 Å². The Morgan fingerprint density at radius 2 is 2.70 bits per heavy atom. The minimum Gasteiger partial charge on any atom is -0.305 e. The number of hydrogen-bond acceptors (Lipinski definition) is 1. The van der Waals surface area contributed by atoms with Crippen LogP contribution in [0.2, 0.25) is 0 Å². The first-order valence-corrected chi connectivity index (χ1v) is 5.49. The minimum atomic E-state index is -0.00270. The molecule has 3 heteroatoms. The van der Waals surface area contributed by atoms with Gasteiger partial charge in [0, 0.05) is 0 Å². The maximum Gasteiger partial charge on any atom is 0.413 e. The van der Waals surface area contributed by atoms with Gasteiger partial charge in [0.25, 0.3) is 0 Å². The van der Waals surface area contributed by atoms with Crippen molar-refractivity contribution in [1.82, 2.24) is 4.57 Å². The molecule has 2 aliphatic heterocycles. The number of nitrogens with zero attached hydrogens (tertiary/aromatic N) is 2. The molecular formula is C7H15N2Si+. The van der Waals surface area contributed by atoms with Crippen molar-refractivity contribution in [3.8, 4) is 0 Å². The third-order valence-electron chi connectivity index (χ3n) is 2.57. The molecule has 1 atom stereocenters. The van der Waals surface area contributed by atoms with Gasteiger partial charge in [0.1, 0.15) is 12.8 Å². The van der Waals surface area contributed by atoms with Crippen LogP contribution >= 0.6 is 0 Å². The van der Waals surface area contributed by atoms with Gasteiger partial charge in [0.2, 0.25) is 0 Å². The number of rotatable bonds is 1. The highest BCUT2D eigenvalue weighted by Crippen LogP contribution is 2.17. The van der Waals surface area contributed by atoms with E-state index in [9.17, 15) is 0 Å². The maximum absolute atomic E-state index is 2.70. The molecule has 2 aliphatic rings. The van der Waals surface area contributed by atoms with Crippen molar-refractivity contribution in [3.05, 3.63) is 0 Å².